The highest BCUT2D eigenvalue weighted by molar-refractivity contribution is 7.89. The summed E-state index contributed by atoms with van der Waals surface area (Å²) in [7, 11) is -3.57. The van der Waals surface area contributed by atoms with E-state index in [-0.39, 0.29) is 24.7 Å². The quantitative estimate of drug-likeness (QED) is 0.796. The van der Waals surface area contributed by atoms with Gasteiger partial charge < -0.3 is 10.0 Å². The Labute approximate surface area is 183 Å². The predicted octanol–water partition coefficient (Wildman–Crippen LogP) is 2.91. The number of phenols is 1. The highest BCUT2D eigenvalue weighted by Crippen LogP contribution is 2.30. The third-order valence-electron chi connectivity index (χ3n) is 6.92. The van der Waals surface area contributed by atoms with Crippen molar-refractivity contribution >= 4 is 15.9 Å². The van der Waals surface area contributed by atoms with Gasteiger partial charge in [0.25, 0.3) is 5.91 Å². The second-order valence-electron chi connectivity index (χ2n) is 8.83. The lowest BCUT2D eigenvalue weighted by Gasteiger charge is -2.34. The van der Waals surface area contributed by atoms with Crippen molar-refractivity contribution in [3.8, 4) is 5.75 Å². The number of hydrogen-bond donors (Lipinski definition) is 1. The van der Waals surface area contributed by atoms with Gasteiger partial charge in [0.05, 0.1) is 10.5 Å². The number of nitrogens with zero attached hydrogens (tertiary/aromatic N) is 2. The number of carbonyl (C=O) groups is 1. The lowest BCUT2D eigenvalue weighted by Crippen LogP contribution is -2.50. The Morgan fingerprint density at radius 2 is 1.39 bits per heavy atom. The molecule has 2 aromatic carbocycles. The van der Waals surface area contributed by atoms with Crippen LogP contribution in [0.15, 0.2) is 35.2 Å². The Balaban J connectivity index is 1.30. The number of sulfonamides is 1. The van der Waals surface area contributed by atoms with Gasteiger partial charge in [-0.3, -0.25) is 4.79 Å². The summed E-state index contributed by atoms with van der Waals surface area (Å²) in [6, 6.07) is 9.03. The van der Waals surface area contributed by atoms with E-state index in [0.29, 0.717) is 23.5 Å². The van der Waals surface area contributed by atoms with Crippen LogP contribution in [0.2, 0.25) is 0 Å². The van der Waals surface area contributed by atoms with Crippen LogP contribution in [0, 0.1) is 0 Å². The predicted molar refractivity (Wildman–Crippen MR) is 118 cm³/mol. The summed E-state index contributed by atoms with van der Waals surface area (Å²) in [6.45, 7) is 1.16. The third-order valence-corrected chi connectivity index (χ3v) is 8.82. The molecule has 0 spiro atoms. The largest absolute Gasteiger partial charge is 0.507 e. The van der Waals surface area contributed by atoms with Gasteiger partial charge in [0.2, 0.25) is 10.0 Å². The van der Waals surface area contributed by atoms with Crippen LogP contribution in [0.25, 0.3) is 0 Å². The fraction of sp³-hybridized carbons (Fsp3) is 0.458. The molecule has 2 aromatic rings. The molecule has 1 amide bonds. The number of rotatable bonds is 3. The number of aromatic hydroxyl groups is 1. The second kappa shape index (κ2) is 7.95. The van der Waals surface area contributed by atoms with Gasteiger partial charge in [-0.15, -0.1) is 0 Å². The summed E-state index contributed by atoms with van der Waals surface area (Å²) in [5.41, 5.74) is 4.99. The number of phenolic OH excluding ortho intramolecular Hbond substituents is 1. The van der Waals surface area contributed by atoms with Crippen molar-refractivity contribution in [3.63, 3.8) is 0 Å². The first-order chi connectivity index (χ1) is 14.9. The maximum atomic E-state index is 13.1. The highest BCUT2D eigenvalue weighted by atomic mass is 32.2. The second-order valence-corrected chi connectivity index (χ2v) is 10.8. The summed E-state index contributed by atoms with van der Waals surface area (Å²) in [4.78, 5) is 15.1. The van der Waals surface area contributed by atoms with Crippen molar-refractivity contribution in [2.45, 2.75) is 49.8 Å². The zero-order valence-corrected chi connectivity index (χ0v) is 18.5. The van der Waals surface area contributed by atoms with E-state index in [1.54, 1.807) is 17.0 Å². The Bertz CT molecular complexity index is 1130. The molecule has 0 aromatic heterocycles. The lowest BCUT2D eigenvalue weighted by atomic mass is 9.89. The smallest absolute Gasteiger partial charge is 0.257 e. The summed E-state index contributed by atoms with van der Waals surface area (Å²) in [6.07, 6.45) is 7.12. The number of piperazine rings is 1. The van der Waals surface area contributed by atoms with Crippen molar-refractivity contribution in [3.05, 3.63) is 58.1 Å². The lowest BCUT2D eigenvalue weighted by molar-refractivity contribution is 0.0694. The third kappa shape index (κ3) is 3.74. The van der Waals surface area contributed by atoms with E-state index in [1.807, 2.05) is 18.2 Å². The monoisotopic (exact) mass is 440 g/mol. The normalized spacial score (nSPS) is 19.2. The van der Waals surface area contributed by atoms with Crippen LogP contribution in [0.1, 0.15) is 51.9 Å². The van der Waals surface area contributed by atoms with Crippen LogP contribution in [0.3, 0.4) is 0 Å². The molecule has 0 saturated carbocycles. The zero-order valence-electron chi connectivity index (χ0n) is 17.6. The van der Waals surface area contributed by atoms with E-state index in [0.717, 1.165) is 61.6 Å². The molecule has 5 rings (SSSR count). The van der Waals surface area contributed by atoms with E-state index < -0.39 is 10.0 Å². The molecule has 0 atom stereocenters. The molecular weight excluding hydrogens is 412 g/mol. The first-order valence-corrected chi connectivity index (χ1v) is 12.6. The molecule has 31 heavy (non-hydrogen) atoms. The molecule has 1 fully saturated rings. The van der Waals surface area contributed by atoms with Gasteiger partial charge in [-0.2, -0.15) is 4.31 Å². The van der Waals surface area contributed by atoms with Gasteiger partial charge in [-0.05, 0) is 91.5 Å². The van der Waals surface area contributed by atoms with Crippen LogP contribution < -0.4 is 0 Å². The summed E-state index contributed by atoms with van der Waals surface area (Å²) >= 11 is 0. The van der Waals surface area contributed by atoms with Gasteiger partial charge in [0, 0.05) is 26.2 Å². The van der Waals surface area contributed by atoms with Gasteiger partial charge in [0.15, 0.2) is 0 Å². The molecule has 6 nitrogen and oxygen atoms in total. The van der Waals surface area contributed by atoms with Crippen LogP contribution >= 0.6 is 0 Å². The SMILES string of the molecule is O=C(c1cc2c(cc1O)CCCC2)N1CCN(S(=O)(=O)c2ccc3c(c2)CCC3)CC1. The average molecular weight is 441 g/mol. The molecule has 1 heterocycles. The molecule has 3 aliphatic rings. The highest BCUT2D eigenvalue weighted by Gasteiger charge is 2.32. The molecule has 0 unspecified atom stereocenters. The minimum Gasteiger partial charge on any atom is -0.507 e. The number of fused-ring (bicyclic) bond motifs is 2. The number of aryl methyl sites for hydroxylation is 4. The van der Waals surface area contributed by atoms with Crippen molar-refractivity contribution in [1.82, 2.24) is 9.21 Å². The fourth-order valence-corrected chi connectivity index (χ4v) is 6.58. The van der Waals surface area contributed by atoms with Crippen molar-refractivity contribution in [1.29, 1.82) is 0 Å². The standard InChI is InChI=1S/C24H28N2O4S/c27-23-16-20-5-2-1-4-19(20)15-22(23)24(28)25-10-12-26(13-11-25)31(29,30)21-9-8-17-6-3-7-18(17)14-21/h8-9,14-16,27H,1-7,10-13H2. The Morgan fingerprint density at radius 3 is 2.13 bits per heavy atom. The molecule has 1 N–H and O–H groups in total. The van der Waals surface area contributed by atoms with Crippen LogP contribution in [0.5, 0.6) is 5.75 Å². The summed E-state index contributed by atoms with van der Waals surface area (Å²) in [5.74, 6) is -0.195. The maximum Gasteiger partial charge on any atom is 0.257 e. The molecule has 7 heteroatoms. The Hall–Kier alpha value is -2.38. The van der Waals surface area contributed by atoms with Gasteiger partial charge in [-0.25, -0.2) is 8.42 Å². The maximum absolute atomic E-state index is 13.1. The summed E-state index contributed by atoms with van der Waals surface area (Å²) in [5, 5.41) is 10.4. The van der Waals surface area contributed by atoms with Crippen LogP contribution in [0.4, 0.5) is 0 Å². The van der Waals surface area contributed by atoms with E-state index in [2.05, 4.69) is 0 Å². The number of carbonyl (C=O) groups excluding carboxylic acids is 1. The molecule has 0 radical (unpaired) electrons. The van der Waals surface area contributed by atoms with Gasteiger partial charge in [0.1, 0.15) is 5.75 Å². The summed E-state index contributed by atoms with van der Waals surface area (Å²) < 4.78 is 27.7. The van der Waals surface area contributed by atoms with Crippen LogP contribution in [-0.2, 0) is 35.7 Å². The number of hydrogen-bond acceptors (Lipinski definition) is 4. The van der Waals surface area contributed by atoms with Crippen LogP contribution in [-0.4, -0.2) is 54.8 Å². The average Bonchev–Trinajstić information content (AvgIpc) is 3.26. The van der Waals surface area contributed by atoms with E-state index in [1.165, 1.54) is 9.87 Å². The van der Waals surface area contributed by atoms with E-state index in [4.69, 9.17) is 0 Å². The zero-order chi connectivity index (χ0) is 21.6. The number of amides is 1. The first kappa shape index (κ1) is 20.5. The fourth-order valence-electron chi connectivity index (χ4n) is 5.10. The molecule has 0 bridgehead atoms. The van der Waals surface area contributed by atoms with Gasteiger partial charge in [-0.1, -0.05) is 6.07 Å². The molecule has 164 valence electrons. The molecule has 1 aliphatic heterocycles. The van der Waals surface area contributed by atoms with Crippen molar-refractivity contribution in [2.24, 2.45) is 0 Å². The molecule has 1 saturated heterocycles. The minimum absolute atomic E-state index is 0.0267. The minimum atomic E-state index is -3.57. The molecule has 2 aliphatic carbocycles. The Morgan fingerprint density at radius 1 is 0.774 bits per heavy atom. The molecular formula is C24H28N2O4S. The topological polar surface area (TPSA) is 77.9 Å². The van der Waals surface area contributed by atoms with Gasteiger partial charge >= 0.3 is 0 Å². The Kier molecular flexibility index (Phi) is 5.26. The van der Waals surface area contributed by atoms with Crippen molar-refractivity contribution < 1.29 is 18.3 Å². The number of benzene rings is 2. The van der Waals surface area contributed by atoms with E-state index >= 15 is 0 Å². The van der Waals surface area contributed by atoms with Crippen molar-refractivity contribution in [2.75, 3.05) is 26.2 Å². The van der Waals surface area contributed by atoms with E-state index in [9.17, 15) is 18.3 Å². The first-order valence-electron chi connectivity index (χ1n) is 11.2.